The van der Waals surface area contributed by atoms with Gasteiger partial charge in [-0.05, 0) is 41.8 Å². The Morgan fingerprint density at radius 3 is 2.36 bits per heavy atom. The summed E-state index contributed by atoms with van der Waals surface area (Å²) in [5.41, 5.74) is -0.798. The van der Waals surface area contributed by atoms with Gasteiger partial charge < -0.3 is 14.9 Å². The highest BCUT2D eigenvalue weighted by atomic mass is 32.2. The number of rotatable bonds is 8. The van der Waals surface area contributed by atoms with Gasteiger partial charge in [-0.25, -0.2) is 8.42 Å². The summed E-state index contributed by atoms with van der Waals surface area (Å²) in [5.74, 6) is -1.03. The highest BCUT2D eigenvalue weighted by Gasteiger charge is 2.36. The van der Waals surface area contributed by atoms with E-state index in [1.54, 1.807) is 31.4 Å². The molecule has 0 amide bonds. The fraction of sp³-hybridized carbons (Fsp3) is 0.389. The summed E-state index contributed by atoms with van der Waals surface area (Å²) in [4.78, 5) is 11.9. The summed E-state index contributed by atoms with van der Waals surface area (Å²) in [5, 5.41) is 20.3. The van der Waals surface area contributed by atoms with Gasteiger partial charge in [0.2, 0.25) is 0 Å². The molecule has 0 fully saturated rings. The first-order valence-corrected chi connectivity index (χ1v) is 9.67. The van der Waals surface area contributed by atoms with E-state index in [2.05, 4.69) is 0 Å². The van der Waals surface area contributed by atoms with Crippen molar-refractivity contribution < 1.29 is 28.2 Å². The number of carboxylic acid groups (broad SMARTS) is 1. The van der Waals surface area contributed by atoms with Gasteiger partial charge in [0.1, 0.15) is 5.75 Å². The lowest BCUT2D eigenvalue weighted by atomic mass is 9.79. The molecule has 0 heterocycles. The third-order valence-electron chi connectivity index (χ3n) is 4.47. The topological polar surface area (TPSA) is 101 Å². The van der Waals surface area contributed by atoms with Crippen molar-refractivity contribution in [1.82, 2.24) is 0 Å². The van der Waals surface area contributed by atoms with Gasteiger partial charge in [0, 0.05) is 0 Å². The first-order valence-electron chi connectivity index (χ1n) is 7.85. The van der Waals surface area contributed by atoms with Crippen LogP contribution in [-0.2, 0) is 20.0 Å². The molecule has 0 unspecified atom stereocenters. The summed E-state index contributed by atoms with van der Waals surface area (Å²) in [6, 6.07) is 10.7. The van der Waals surface area contributed by atoms with Gasteiger partial charge in [-0.2, -0.15) is 0 Å². The van der Waals surface area contributed by atoms with Crippen LogP contribution in [0.25, 0.3) is 10.8 Å². The second-order valence-corrected chi connectivity index (χ2v) is 8.49. The van der Waals surface area contributed by atoms with Gasteiger partial charge in [-0.1, -0.05) is 24.3 Å². The normalized spacial score (nSPS) is 14.2. The Morgan fingerprint density at radius 1 is 1.12 bits per heavy atom. The van der Waals surface area contributed by atoms with Gasteiger partial charge in [0.25, 0.3) is 0 Å². The van der Waals surface area contributed by atoms with E-state index in [4.69, 9.17) is 9.84 Å². The van der Waals surface area contributed by atoms with Crippen LogP contribution >= 0.6 is 0 Å². The molecule has 1 atom stereocenters. The standard InChI is InChI=1S/C18H22O6S/c1-18(17(20)21,7-9-25(22,23)10-8-19)15-5-3-14-12-16(24-2)6-4-13(14)11-15/h3-6,11-12,19H,7-10H2,1-2H3,(H,20,21)/t18-/m0/s1. The van der Waals surface area contributed by atoms with E-state index >= 15 is 0 Å². The number of hydrogen-bond acceptors (Lipinski definition) is 5. The Kier molecular flexibility index (Phi) is 5.69. The van der Waals surface area contributed by atoms with Crippen LogP contribution in [0.15, 0.2) is 36.4 Å². The van der Waals surface area contributed by atoms with E-state index in [-0.39, 0.29) is 17.9 Å². The predicted octanol–water partition coefficient (Wildman–Crippen LogP) is 1.99. The number of sulfone groups is 1. The SMILES string of the molecule is COc1ccc2cc([C@](C)(CCS(=O)(=O)CCO)C(=O)O)ccc2c1. The smallest absolute Gasteiger partial charge is 0.313 e. The monoisotopic (exact) mass is 366 g/mol. The van der Waals surface area contributed by atoms with Crippen LogP contribution in [0.4, 0.5) is 0 Å². The van der Waals surface area contributed by atoms with Crippen LogP contribution in [0.1, 0.15) is 18.9 Å². The molecule has 0 aromatic heterocycles. The minimum atomic E-state index is -3.49. The van der Waals surface area contributed by atoms with Gasteiger partial charge in [-0.15, -0.1) is 0 Å². The summed E-state index contributed by atoms with van der Waals surface area (Å²) < 4.78 is 28.9. The summed E-state index contributed by atoms with van der Waals surface area (Å²) in [6.45, 7) is 1.05. The number of aliphatic hydroxyl groups excluding tert-OH is 1. The third-order valence-corrected chi connectivity index (χ3v) is 6.10. The Labute approximate surface area is 147 Å². The molecule has 2 rings (SSSR count). The molecule has 0 aliphatic rings. The lowest BCUT2D eigenvalue weighted by Crippen LogP contribution is -2.35. The van der Waals surface area contributed by atoms with Crippen molar-refractivity contribution in [2.45, 2.75) is 18.8 Å². The fourth-order valence-corrected chi connectivity index (χ4v) is 3.87. The van der Waals surface area contributed by atoms with Crippen LogP contribution in [0.2, 0.25) is 0 Å². The molecular formula is C18H22O6S. The molecule has 7 heteroatoms. The van der Waals surface area contributed by atoms with Crippen LogP contribution < -0.4 is 4.74 Å². The number of ether oxygens (including phenoxy) is 1. The molecule has 0 saturated carbocycles. The van der Waals surface area contributed by atoms with Crippen molar-refractivity contribution in [2.24, 2.45) is 0 Å². The Hall–Kier alpha value is -2.12. The molecular weight excluding hydrogens is 344 g/mol. The Bertz CT molecular complexity index is 874. The van der Waals surface area contributed by atoms with Gasteiger partial charge >= 0.3 is 5.97 Å². The van der Waals surface area contributed by atoms with E-state index in [0.29, 0.717) is 11.3 Å². The number of carboxylic acids is 1. The number of fused-ring (bicyclic) bond motifs is 1. The van der Waals surface area contributed by atoms with E-state index in [1.165, 1.54) is 6.92 Å². The molecule has 2 aromatic carbocycles. The van der Waals surface area contributed by atoms with Crippen LogP contribution in [0.3, 0.4) is 0 Å². The molecule has 6 nitrogen and oxygen atoms in total. The summed E-state index contributed by atoms with van der Waals surface area (Å²) in [6.07, 6.45) is -0.0632. The van der Waals surface area contributed by atoms with Crippen LogP contribution in [0.5, 0.6) is 5.75 Å². The Balaban J connectivity index is 2.39. The first kappa shape index (κ1) is 19.2. The van der Waals surface area contributed by atoms with E-state index in [1.807, 2.05) is 12.1 Å². The molecule has 25 heavy (non-hydrogen) atoms. The van der Waals surface area contributed by atoms with Crippen LogP contribution in [0, 0.1) is 0 Å². The van der Waals surface area contributed by atoms with Gasteiger partial charge in [-0.3, -0.25) is 4.79 Å². The molecule has 0 radical (unpaired) electrons. The number of carbonyl (C=O) groups is 1. The van der Waals surface area contributed by atoms with Gasteiger partial charge in [0.15, 0.2) is 9.84 Å². The van der Waals surface area contributed by atoms with Gasteiger partial charge in [0.05, 0.1) is 30.6 Å². The minimum absolute atomic E-state index is 0.0632. The zero-order valence-electron chi connectivity index (χ0n) is 14.2. The maximum atomic E-state index is 11.9. The van der Waals surface area contributed by atoms with E-state index < -0.39 is 27.8 Å². The quantitative estimate of drug-likeness (QED) is 0.741. The number of hydrogen-bond donors (Lipinski definition) is 2. The Morgan fingerprint density at radius 2 is 1.76 bits per heavy atom. The molecule has 136 valence electrons. The number of methoxy groups -OCH3 is 1. The second-order valence-electron chi connectivity index (χ2n) is 6.19. The molecule has 2 N–H and O–H groups in total. The van der Waals surface area contributed by atoms with Crippen molar-refractivity contribution >= 4 is 26.6 Å². The molecule has 0 aliphatic carbocycles. The van der Waals surface area contributed by atoms with Crippen LogP contribution in [-0.4, -0.2) is 49.8 Å². The predicted molar refractivity (Wildman–Crippen MR) is 95.8 cm³/mol. The first-order chi connectivity index (χ1) is 11.7. The minimum Gasteiger partial charge on any atom is -0.497 e. The van der Waals surface area contributed by atoms with Crippen molar-refractivity contribution in [2.75, 3.05) is 25.2 Å². The fourth-order valence-electron chi connectivity index (χ4n) is 2.67. The zero-order valence-corrected chi connectivity index (χ0v) is 15.0. The average Bonchev–Trinajstić information content (AvgIpc) is 2.58. The molecule has 0 bridgehead atoms. The summed E-state index contributed by atoms with van der Waals surface area (Å²) in [7, 11) is -1.91. The largest absolute Gasteiger partial charge is 0.497 e. The summed E-state index contributed by atoms with van der Waals surface area (Å²) >= 11 is 0. The number of aliphatic hydroxyl groups is 1. The molecule has 0 saturated heterocycles. The number of benzene rings is 2. The van der Waals surface area contributed by atoms with Crippen molar-refractivity contribution in [1.29, 1.82) is 0 Å². The lowest BCUT2D eigenvalue weighted by Gasteiger charge is -2.25. The third kappa shape index (κ3) is 4.29. The zero-order chi connectivity index (χ0) is 18.7. The van der Waals surface area contributed by atoms with E-state index in [0.717, 1.165) is 10.8 Å². The highest BCUT2D eigenvalue weighted by Crippen LogP contribution is 2.32. The van der Waals surface area contributed by atoms with Crippen molar-refractivity contribution in [3.05, 3.63) is 42.0 Å². The van der Waals surface area contributed by atoms with Crippen molar-refractivity contribution in [3.63, 3.8) is 0 Å². The average molecular weight is 366 g/mol. The molecule has 0 aliphatic heterocycles. The van der Waals surface area contributed by atoms with E-state index in [9.17, 15) is 18.3 Å². The van der Waals surface area contributed by atoms with Crippen molar-refractivity contribution in [3.8, 4) is 5.75 Å². The maximum absolute atomic E-state index is 11.9. The second kappa shape index (κ2) is 7.41. The highest BCUT2D eigenvalue weighted by molar-refractivity contribution is 7.91. The number of aliphatic carboxylic acids is 1. The molecule has 2 aromatic rings. The lowest BCUT2D eigenvalue weighted by molar-refractivity contribution is -0.143. The maximum Gasteiger partial charge on any atom is 0.313 e. The molecule has 0 spiro atoms.